The molecule has 0 amide bonds. The second kappa shape index (κ2) is 17.5. The second-order valence-electron chi connectivity index (χ2n) is 11.5. The number of para-hydroxylation sites is 1. The smallest absolute Gasteiger partial charge is 0.459 e. The fourth-order valence-corrected chi connectivity index (χ4v) is 6.69. The molecule has 49 heavy (non-hydrogen) atoms. The van der Waals surface area contributed by atoms with Gasteiger partial charge in [-0.3, -0.25) is 14.1 Å². The van der Waals surface area contributed by atoms with Crippen LogP contribution in [0.25, 0.3) is 5.52 Å². The number of hydrogen-bond donors (Lipinski definition) is 4. The summed E-state index contributed by atoms with van der Waals surface area (Å²) in [7, 11) is -4.60. The summed E-state index contributed by atoms with van der Waals surface area (Å²) < 4.78 is 43.7. The number of aliphatic hydroxyl groups is 2. The summed E-state index contributed by atoms with van der Waals surface area (Å²) in [5.41, 5.74) is 4.16. The zero-order chi connectivity index (χ0) is 35.4. The third-order valence-electron chi connectivity index (χ3n) is 7.84. The third-order valence-corrected chi connectivity index (χ3v) is 9.40. The molecule has 1 aromatic carbocycles. The maximum Gasteiger partial charge on any atom is 0.459 e. The quantitative estimate of drug-likeness (QED) is 0.0799. The number of aliphatic hydroxyl groups excluding tert-OH is 2. The van der Waals surface area contributed by atoms with Crippen LogP contribution in [0.2, 0.25) is 0 Å². The first-order chi connectivity index (χ1) is 23.6. The van der Waals surface area contributed by atoms with E-state index in [1.54, 1.807) is 18.2 Å². The van der Waals surface area contributed by atoms with Crippen LogP contribution in [0.15, 0.2) is 48.8 Å². The van der Waals surface area contributed by atoms with Crippen LogP contribution in [0.5, 0.6) is 5.75 Å². The van der Waals surface area contributed by atoms with Crippen LogP contribution in [-0.4, -0.2) is 80.9 Å². The molecule has 266 valence electrons. The van der Waals surface area contributed by atoms with Gasteiger partial charge in [0.1, 0.15) is 48.0 Å². The average Bonchev–Trinajstić information content (AvgIpc) is 3.64. The molecular formula is C32H43N6O10P. The molecule has 17 heteroatoms. The number of nitrogens with zero attached hydrogens (tertiary/aromatic N) is 4. The Morgan fingerprint density at radius 1 is 1.10 bits per heavy atom. The summed E-state index contributed by atoms with van der Waals surface area (Å²) in [5, 5.41) is 39.0. The van der Waals surface area contributed by atoms with E-state index < -0.39 is 62.7 Å². The molecule has 1 fully saturated rings. The molecule has 16 nitrogen and oxygen atoms in total. The summed E-state index contributed by atoms with van der Waals surface area (Å²) in [6.45, 7) is 3.52. The van der Waals surface area contributed by atoms with Crippen LogP contribution in [0.3, 0.4) is 0 Å². The fourth-order valence-electron chi connectivity index (χ4n) is 5.19. The van der Waals surface area contributed by atoms with E-state index in [4.69, 9.17) is 29.0 Å². The summed E-state index contributed by atoms with van der Waals surface area (Å²) in [6.07, 6.45) is 0.335. The zero-order valence-electron chi connectivity index (χ0n) is 27.5. The molecule has 0 aliphatic carbocycles. The van der Waals surface area contributed by atoms with Crippen molar-refractivity contribution in [3.63, 3.8) is 0 Å². The zero-order valence-corrected chi connectivity index (χ0v) is 28.4. The van der Waals surface area contributed by atoms with Crippen molar-refractivity contribution in [3.8, 4) is 11.8 Å². The molecule has 3 aromatic rings. The molecule has 0 radical (unpaired) electrons. The van der Waals surface area contributed by atoms with Gasteiger partial charge in [0.25, 0.3) is 0 Å². The number of hydrogen-bond acceptors (Lipinski definition) is 14. The second-order valence-corrected chi connectivity index (χ2v) is 13.2. The number of aromatic nitrogens is 3. The van der Waals surface area contributed by atoms with Crippen molar-refractivity contribution in [2.45, 2.75) is 88.7 Å². The highest BCUT2D eigenvalue weighted by Gasteiger charge is 2.58. The summed E-state index contributed by atoms with van der Waals surface area (Å²) >= 11 is 0. The molecule has 4 rings (SSSR count). The Morgan fingerprint density at radius 2 is 1.80 bits per heavy atom. The third kappa shape index (κ3) is 9.33. The fraction of sp³-hybridized carbons (Fsp3) is 0.531. The number of esters is 2. The lowest BCUT2D eigenvalue weighted by atomic mass is 9.92. The lowest BCUT2D eigenvalue weighted by Gasteiger charge is -2.26. The number of nitrogens with two attached hydrogens (primary N) is 1. The molecule has 0 bridgehead atoms. The van der Waals surface area contributed by atoms with E-state index in [9.17, 15) is 29.6 Å². The molecule has 3 heterocycles. The molecule has 0 spiro atoms. The molecule has 2 aromatic heterocycles. The highest BCUT2D eigenvalue weighted by Crippen LogP contribution is 2.47. The minimum atomic E-state index is -4.60. The van der Waals surface area contributed by atoms with Crippen molar-refractivity contribution >= 4 is 31.0 Å². The Bertz CT molecular complexity index is 1640. The van der Waals surface area contributed by atoms with Crippen LogP contribution in [0.1, 0.15) is 64.5 Å². The first-order valence-corrected chi connectivity index (χ1v) is 17.7. The Labute approximate surface area is 284 Å². The van der Waals surface area contributed by atoms with Gasteiger partial charge < -0.3 is 34.7 Å². The number of benzene rings is 1. The Kier molecular flexibility index (Phi) is 13.5. The van der Waals surface area contributed by atoms with Crippen LogP contribution >= 0.6 is 7.75 Å². The number of ether oxygens (including phenoxy) is 3. The number of anilines is 1. The number of nitrogens with one attached hydrogen (secondary N) is 1. The van der Waals surface area contributed by atoms with Crippen molar-refractivity contribution in [1.29, 1.82) is 5.26 Å². The Morgan fingerprint density at radius 3 is 2.47 bits per heavy atom. The summed E-state index contributed by atoms with van der Waals surface area (Å²) in [6, 6.07) is 11.3. The number of nitriles is 1. The van der Waals surface area contributed by atoms with Crippen molar-refractivity contribution in [1.82, 2.24) is 19.7 Å². The van der Waals surface area contributed by atoms with E-state index in [1.165, 1.54) is 28.8 Å². The van der Waals surface area contributed by atoms with Gasteiger partial charge in [-0.25, -0.2) is 14.1 Å². The van der Waals surface area contributed by atoms with E-state index in [0.717, 1.165) is 32.0 Å². The van der Waals surface area contributed by atoms with Crippen molar-refractivity contribution < 1.29 is 47.6 Å². The van der Waals surface area contributed by atoms with E-state index in [-0.39, 0.29) is 30.5 Å². The highest BCUT2D eigenvalue weighted by molar-refractivity contribution is 7.52. The molecular weight excluding hydrogens is 659 g/mol. The van der Waals surface area contributed by atoms with Gasteiger partial charge in [-0.1, -0.05) is 57.7 Å². The molecule has 1 aliphatic heterocycles. The monoisotopic (exact) mass is 702 g/mol. The molecule has 6 atom stereocenters. The molecule has 1 aliphatic rings. The topological polar surface area (TPSA) is 230 Å². The van der Waals surface area contributed by atoms with Gasteiger partial charge in [0.05, 0.1) is 31.9 Å². The van der Waals surface area contributed by atoms with Crippen LogP contribution in [0.4, 0.5) is 5.82 Å². The van der Waals surface area contributed by atoms with E-state index in [0.29, 0.717) is 18.4 Å². The minimum Gasteiger partial charge on any atom is -0.466 e. The lowest BCUT2D eigenvalue weighted by molar-refractivity contribution is -0.152. The molecule has 0 saturated carbocycles. The predicted molar refractivity (Wildman–Crippen MR) is 175 cm³/mol. The first kappa shape index (κ1) is 37.7. The maximum atomic E-state index is 14.4. The number of rotatable bonds is 19. The SMILES string of the molecule is CCCCCOC(=O)C[C@H](NP(=O)(OC[C@H]1O[C@@](C#N)(c2ccc3c(N)ncnn23)[C@H](O)[C@@H]1O)Oc1ccccc1)C(=O)OCCCCC. The van der Waals surface area contributed by atoms with Gasteiger partial charge in [-0.15, -0.1) is 0 Å². The molecule has 1 saturated heterocycles. The maximum absolute atomic E-state index is 14.4. The number of unbranched alkanes of at least 4 members (excludes halogenated alkanes) is 4. The summed E-state index contributed by atoms with van der Waals surface area (Å²) in [5.74, 6) is -1.41. The van der Waals surface area contributed by atoms with Crippen LogP contribution in [0, 0.1) is 11.3 Å². The van der Waals surface area contributed by atoms with Crippen LogP contribution < -0.4 is 15.3 Å². The van der Waals surface area contributed by atoms with Crippen LogP contribution in [-0.2, 0) is 38.5 Å². The molecule has 1 unspecified atom stereocenters. The average molecular weight is 703 g/mol. The number of carbonyl (C=O) groups is 2. The normalized spacial score (nSPS) is 22.2. The van der Waals surface area contributed by atoms with E-state index >= 15 is 0 Å². The lowest BCUT2D eigenvalue weighted by Crippen LogP contribution is -2.41. The van der Waals surface area contributed by atoms with Gasteiger partial charge in [-0.2, -0.15) is 15.4 Å². The minimum absolute atomic E-state index is 0.0540. The Balaban J connectivity index is 1.57. The number of carbonyl (C=O) groups excluding carboxylic acids is 2. The van der Waals surface area contributed by atoms with Gasteiger partial charge in [-0.05, 0) is 37.1 Å². The first-order valence-electron chi connectivity index (χ1n) is 16.2. The summed E-state index contributed by atoms with van der Waals surface area (Å²) in [4.78, 5) is 29.9. The Hall–Kier alpha value is -4.10. The van der Waals surface area contributed by atoms with Gasteiger partial charge in [0, 0.05) is 0 Å². The van der Waals surface area contributed by atoms with Crippen molar-refractivity contribution in [3.05, 3.63) is 54.5 Å². The van der Waals surface area contributed by atoms with Gasteiger partial charge in [0.15, 0.2) is 5.82 Å². The highest BCUT2D eigenvalue weighted by atomic mass is 31.2. The van der Waals surface area contributed by atoms with E-state index in [1.807, 2.05) is 19.9 Å². The van der Waals surface area contributed by atoms with Gasteiger partial charge in [0.2, 0.25) is 5.60 Å². The predicted octanol–water partition coefficient (Wildman–Crippen LogP) is 3.17. The van der Waals surface area contributed by atoms with Crippen molar-refractivity contribution in [2.75, 3.05) is 25.6 Å². The largest absolute Gasteiger partial charge is 0.466 e. The standard InChI is InChI=1S/C32H43N6O10P/c1-3-5-10-16-44-27(39)18-23(31(42)45-17-11-6-4-2)37-49(43,48-22-12-8-7-9-13-22)46-19-25-28(40)29(41)32(20-33,47-25)26-15-14-24-30(34)35-21-36-38(24)26/h7-9,12-15,21,23,25,28-29,40-41H,3-6,10-11,16-19H2,1-2H3,(H,37,43)(H2,34,35,36)/t23-,25+,28+,29+,32-,49?/m0/s1. The van der Waals surface area contributed by atoms with Crippen molar-refractivity contribution in [2.24, 2.45) is 0 Å². The number of nitrogen functional groups attached to an aromatic ring is 1. The van der Waals surface area contributed by atoms with Gasteiger partial charge >= 0.3 is 19.7 Å². The van der Waals surface area contributed by atoms with E-state index in [2.05, 4.69) is 15.2 Å². The molecule has 5 N–H and O–H groups in total. The number of fused-ring (bicyclic) bond motifs is 1.